The number of benzene rings is 1. The van der Waals surface area contributed by atoms with Gasteiger partial charge >= 0.3 is 0 Å². The summed E-state index contributed by atoms with van der Waals surface area (Å²) in [5.41, 5.74) is 3.08. The highest BCUT2D eigenvalue weighted by Gasteiger charge is 2.18. The van der Waals surface area contributed by atoms with Crippen molar-refractivity contribution in [2.24, 2.45) is 0 Å². The van der Waals surface area contributed by atoms with Gasteiger partial charge in [0.05, 0.1) is 0 Å². The molecule has 1 saturated heterocycles. The molecule has 0 unspecified atom stereocenters. The molecule has 0 saturated carbocycles. The summed E-state index contributed by atoms with van der Waals surface area (Å²) < 4.78 is 5.28. The van der Waals surface area contributed by atoms with Crippen LogP contribution in [0, 0.1) is 0 Å². The van der Waals surface area contributed by atoms with Gasteiger partial charge in [-0.15, -0.1) is 0 Å². The number of carbonyl (C=O) groups is 1. The Morgan fingerprint density at radius 1 is 1.14 bits per heavy atom. The Morgan fingerprint density at radius 2 is 1.93 bits per heavy atom. The molecular formula is C22H25N5O2. The van der Waals surface area contributed by atoms with Gasteiger partial charge in [-0.25, -0.2) is 0 Å². The van der Waals surface area contributed by atoms with Gasteiger partial charge in [0.2, 0.25) is 17.6 Å². The van der Waals surface area contributed by atoms with E-state index in [4.69, 9.17) is 4.52 Å². The van der Waals surface area contributed by atoms with Crippen LogP contribution < -0.4 is 4.90 Å². The number of rotatable bonds is 7. The van der Waals surface area contributed by atoms with Gasteiger partial charge < -0.3 is 14.3 Å². The highest BCUT2D eigenvalue weighted by molar-refractivity contribution is 5.76. The minimum atomic E-state index is 0.0545. The van der Waals surface area contributed by atoms with Crippen LogP contribution >= 0.6 is 0 Å². The molecule has 1 amide bonds. The van der Waals surface area contributed by atoms with Gasteiger partial charge in [-0.2, -0.15) is 4.98 Å². The third-order valence-electron chi connectivity index (χ3n) is 5.19. The molecule has 4 rings (SSSR count). The van der Waals surface area contributed by atoms with E-state index in [1.165, 1.54) is 24.1 Å². The zero-order valence-electron chi connectivity index (χ0n) is 16.6. The Kier molecular flexibility index (Phi) is 5.84. The SMILES string of the molecule is CN(Cc1ccccc1N1CCCC1)C(=O)CCc1nc(-c2ccccn2)no1. The van der Waals surface area contributed by atoms with Gasteiger partial charge in [0.1, 0.15) is 5.69 Å². The first kappa shape index (κ1) is 19.1. The number of aromatic nitrogens is 3. The zero-order chi connectivity index (χ0) is 20.1. The maximum absolute atomic E-state index is 12.6. The lowest BCUT2D eigenvalue weighted by Crippen LogP contribution is -2.28. The number of hydrogen-bond acceptors (Lipinski definition) is 6. The summed E-state index contributed by atoms with van der Waals surface area (Å²) in [7, 11) is 1.84. The van der Waals surface area contributed by atoms with Crippen molar-refractivity contribution < 1.29 is 9.32 Å². The van der Waals surface area contributed by atoms with Crippen LogP contribution in [0.4, 0.5) is 5.69 Å². The Morgan fingerprint density at radius 3 is 2.72 bits per heavy atom. The summed E-state index contributed by atoms with van der Waals surface area (Å²) in [5, 5.41) is 3.95. The number of pyridine rings is 1. The average molecular weight is 391 g/mol. The van der Waals surface area contributed by atoms with E-state index in [0.29, 0.717) is 36.8 Å². The van der Waals surface area contributed by atoms with Gasteiger partial charge in [-0.3, -0.25) is 9.78 Å². The standard InChI is InChI=1S/C22H25N5O2/c1-26(16-17-8-2-3-10-19(17)27-14-6-7-15-27)21(28)12-11-20-24-22(25-29-20)18-9-4-5-13-23-18/h2-5,8-10,13H,6-7,11-12,14-16H2,1H3. The van der Waals surface area contributed by atoms with Crippen molar-refractivity contribution in [2.75, 3.05) is 25.0 Å². The third kappa shape index (κ3) is 4.62. The molecule has 0 spiro atoms. The molecule has 7 heteroatoms. The zero-order valence-corrected chi connectivity index (χ0v) is 16.6. The van der Waals surface area contributed by atoms with Crippen molar-refractivity contribution in [1.29, 1.82) is 0 Å². The maximum atomic E-state index is 12.6. The highest BCUT2D eigenvalue weighted by atomic mass is 16.5. The second-order valence-corrected chi connectivity index (χ2v) is 7.30. The fourth-order valence-corrected chi connectivity index (χ4v) is 3.61. The van der Waals surface area contributed by atoms with E-state index in [0.717, 1.165) is 13.1 Å². The monoisotopic (exact) mass is 391 g/mol. The average Bonchev–Trinajstić information content (AvgIpc) is 3.45. The van der Waals surface area contributed by atoms with Gasteiger partial charge in [-0.05, 0) is 36.6 Å². The Hall–Kier alpha value is -3.22. The lowest BCUT2D eigenvalue weighted by atomic mass is 10.1. The minimum Gasteiger partial charge on any atom is -0.371 e. The van der Waals surface area contributed by atoms with E-state index in [-0.39, 0.29) is 5.91 Å². The molecular weight excluding hydrogens is 366 g/mol. The molecule has 0 atom stereocenters. The Bertz CT molecular complexity index is 951. The molecule has 150 valence electrons. The van der Waals surface area contributed by atoms with Gasteiger partial charge in [0, 0.05) is 51.4 Å². The Balaban J connectivity index is 1.34. The highest BCUT2D eigenvalue weighted by Crippen LogP contribution is 2.25. The number of para-hydroxylation sites is 1. The normalized spacial score (nSPS) is 13.6. The van der Waals surface area contributed by atoms with Crippen LogP contribution in [0.5, 0.6) is 0 Å². The van der Waals surface area contributed by atoms with E-state index in [1.807, 2.05) is 31.3 Å². The second-order valence-electron chi connectivity index (χ2n) is 7.30. The summed E-state index contributed by atoms with van der Waals surface area (Å²) in [6.07, 6.45) is 4.88. The lowest BCUT2D eigenvalue weighted by Gasteiger charge is -2.24. The van der Waals surface area contributed by atoms with Gasteiger partial charge in [0.25, 0.3) is 0 Å². The lowest BCUT2D eigenvalue weighted by molar-refractivity contribution is -0.130. The van der Waals surface area contributed by atoms with Crippen molar-refractivity contribution in [2.45, 2.75) is 32.2 Å². The topological polar surface area (TPSA) is 75.4 Å². The predicted molar refractivity (Wildman–Crippen MR) is 110 cm³/mol. The smallest absolute Gasteiger partial charge is 0.227 e. The van der Waals surface area contributed by atoms with Gasteiger partial charge in [-0.1, -0.05) is 29.4 Å². The first-order valence-electron chi connectivity index (χ1n) is 10.0. The van der Waals surface area contributed by atoms with E-state index in [9.17, 15) is 4.79 Å². The molecule has 1 aromatic carbocycles. The quantitative estimate of drug-likeness (QED) is 0.615. The van der Waals surface area contributed by atoms with Crippen molar-refractivity contribution in [3.05, 3.63) is 60.1 Å². The number of anilines is 1. The van der Waals surface area contributed by atoms with Crippen LogP contribution in [0.1, 0.15) is 30.7 Å². The van der Waals surface area contributed by atoms with Crippen LogP contribution in [-0.4, -0.2) is 46.1 Å². The molecule has 1 aliphatic heterocycles. The number of nitrogens with zero attached hydrogens (tertiary/aromatic N) is 5. The summed E-state index contributed by atoms with van der Waals surface area (Å²) in [6, 6.07) is 13.9. The summed E-state index contributed by atoms with van der Waals surface area (Å²) >= 11 is 0. The van der Waals surface area contributed by atoms with Crippen LogP contribution in [0.25, 0.3) is 11.5 Å². The van der Waals surface area contributed by atoms with Crippen LogP contribution in [0.15, 0.2) is 53.2 Å². The summed E-state index contributed by atoms with van der Waals surface area (Å²) in [6.45, 7) is 2.77. The molecule has 7 nitrogen and oxygen atoms in total. The van der Waals surface area contributed by atoms with E-state index in [1.54, 1.807) is 11.1 Å². The van der Waals surface area contributed by atoms with Crippen LogP contribution in [0.2, 0.25) is 0 Å². The summed E-state index contributed by atoms with van der Waals surface area (Å²) in [5.74, 6) is 0.949. The van der Waals surface area contributed by atoms with Crippen LogP contribution in [0.3, 0.4) is 0 Å². The van der Waals surface area contributed by atoms with E-state index in [2.05, 4.69) is 38.2 Å². The fourth-order valence-electron chi connectivity index (χ4n) is 3.61. The largest absolute Gasteiger partial charge is 0.371 e. The Labute approximate surface area is 170 Å². The predicted octanol–water partition coefficient (Wildman–Crippen LogP) is 3.32. The second kappa shape index (κ2) is 8.86. The van der Waals surface area contributed by atoms with E-state index < -0.39 is 0 Å². The number of amides is 1. The molecule has 1 fully saturated rings. The van der Waals surface area contributed by atoms with Crippen LogP contribution in [-0.2, 0) is 17.8 Å². The molecule has 3 heterocycles. The minimum absolute atomic E-state index is 0.0545. The van der Waals surface area contributed by atoms with E-state index >= 15 is 0 Å². The fraction of sp³-hybridized carbons (Fsp3) is 0.364. The van der Waals surface area contributed by atoms with Crippen molar-refractivity contribution in [3.8, 4) is 11.5 Å². The first-order valence-corrected chi connectivity index (χ1v) is 10.0. The molecule has 3 aromatic rings. The molecule has 0 N–H and O–H groups in total. The summed E-state index contributed by atoms with van der Waals surface area (Å²) in [4.78, 5) is 25.4. The number of aryl methyl sites for hydroxylation is 1. The maximum Gasteiger partial charge on any atom is 0.227 e. The molecule has 1 aliphatic rings. The van der Waals surface area contributed by atoms with Crippen molar-refractivity contribution >= 4 is 11.6 Å². The number of carbonyl (C=O) groups excluding carboxylic acids is 1. The first-order chi connectivity index (χ1) is 14.2. The molecule has 2 aromatic heterocycles. The van der Waals surface area contributed by atoms with Gasteiger partial charge in [0.15, 0.2) is 0 Å². The molecule has 0 radical (unpaired) electrons. The van der Waals surface area contributed by atoms with Crippen molar-refractivity contribution in [1.82, 2.24) is 20.0 Å². The molecule has 0 bridgehead atoms. The van der Waals surface area contributed by atoms with Crippen molar-refractivity contribution in [3.63, 3.8) is 0 Å². The third-order valence-corrected chi connectivity index (χ3v) is 5.19. The molecule has 29 heavy (non-hydrogen) atoms. The number of hydrogen-bond donors (Lipinski definition) is 0. The molecule has 0 aliphatic carbocycles.